The van der Waals surface area contributed by atoms with E-state index in [9.17, 15) is 0 Å². The van der Waals surface area contributed by atoms with Crippen LogP contribution < -0.4 is 5.32 Å². The first-order valence-corrected chi connectivity index (χ1v) is 6.17. The maximum Gasteiger partial charge on any atom is 0.0820 e. The molecule has 1 N–H and O–H groups in total. The predicted octanol–water partition coefficient (Wildman–Crippen LogP) is 4.19. The Morgan fingerprint density at radius 1 is 1.44 bits per heavy atom. The molecule has 1 rings (SSSR count). The van der Waals surface area contributed by atoms with Gasteiger partial charge < -0.3 is 5.32 Å². The molecule has 4 heteroatoms. The van der Waals surface area contributed by atoms with Crippen molar-refractivity contribution in [3.8, 4) is 0 Å². The van der Waals surface area contributed by atoms with Gasteiger partial charge in [-0.05, 0) is 17.9 Å². The van der Waals surface area contributed by atoms with Crippen molar-refractivity contribution in [2.75, 3.05) is 11.9 Å². The van der Waals surface area contributed by atoms with Gasteiger partial charge >= 0.3 is 0 Å². The molecule has 1 aromatic rings. The van der Waals surface area contributed by atoms with Gasteiger partial charge in [0.15, 0.2) is 0 Å². The molecule has 0 aliphatic heterocycles. The van der Waals surface area contributed by atoms with Crippen LogP contribution in [0.25, 0.3) is 0 Å². The van der Waals surface area contributed by atoms with Gasteiger partial charge in [0, 0.05) is 18.9 Å². The fraction of sp³-hybridized carbons (Fsp3) is 0.583. The molecule has 1 unspecified atom stereocenters. The summed E-state index contributed by atoms with van der Waals surface area (Å²) in [6.07, 6.45) is 4.29. The predicted molar refractivity (Wildman–Crippen MR) is 71.4 cm³/mol. The van der Waals surface area contributed by atoms with Gasteiger partial charge in [0.05, 0.1) is 16.1 Å². The second-order valence-corrected chi connectivity index (χ2v) is 6.12. The van der Waals surface area contributed by atoms with Crippen molar-refractivity contribution in [1.29, 1.82) is 0 Å². The molecule has 0 radical (unpaired) electrons. The lowest BCUT2D eigenvalue weighted by Crippen LogP contribution is -2.20. The van der Waals surface area contributed by atoms with Crippen LogP contribution in [-0.4, -0.2) is 16.9 Å². The second kappa shape index (κ2) is 5.74. The highest BCUT2D eigenvalue weighted by atomic mass is 35.5. The fourth-order valence-electron chi connectivity index (χ4n) is 1.48. The van der Waals surface area contributed by atoms with Crippen LogP contribution in [0.15, 0.2) is 18.5 Å². The van der Waals surface area contributed by atoms with Crippen molar-refractivity contribution in [2.24, 2.45) is 5.41 Å². The maximum absolute atomic E-state index is 6.25. The summed E-state index contributed by atoms with van der Waals surface area (Å²) in [6, 6.07) is 1.85. The average Bonchev–Trinajstić information content (AvgIpc) is 2.14. The first-order valence-electron chi connectivity index (χ1n) is 5.36. The highest BCUT2D eigenvalue weighted by Gasteiger charge is 2.16. The zero-order chi connectivity index (χ0) is 12.2. The Morgan fingerprint density at radius 3 is 2.69 bits per heavy atom. The lowest BCUT2D eigenvalue weighted by Gasteiger charge is -2.22. The molecule has 0 spiro atoms. The minimum absolute atomic E-state index is 0.101. The van der Waals surface area contributed by atoms with E-state index in [1.165, 1.54) is 0 Å². The van der Waals surface area contributed by atoms with Crippen LogP contribution in [0.3, 0.4) is 0 Å². The summed E-state index contributed by atoms with van der Waals surface area (Å²) >= 11 is 12.2. The van der Waals surface area contributed by atoms with Crippen molar-refractivity contribution >= 4 is 28.9 Å². The number of anilines is 1. The quantitative estimate of drug-likeness (QED) is 0.822. The van der Waals surface area contributed by atoms with Gasteiger partial charge in [-0.25, -0.2) is 0 Å². The highest BCUT2D eigenvalue weighted by Crippen LogP contribution is 2.25. The summed E-state index contributed by atoms with van der Waals surface area (Å²) < 4.78 is 0. The van der Waals surface area contributed by atoms with Gasteiger partial charge in [-0.15, -0.1) is 11.6 Å². The molecule has 0 aromatic carbocycles. The Morgan fingerprint density at radius 2 is 2.12 bits per heavy atom. The van der Waals surface area contributed by atoms with Crippen LogP contribution in [0.2, 0.25) is 5.02 Å². The number of halogens is 2. The van der Waals surface area contributed by atoms with Gasteiger partial charge in [0.1, 0.15) is 0 Å². The summed E-state index contributed by atoms with van der Waals surface area (Å²) in [6.45, 7) is 7.26. The fourth-order valence-corrected chi connectivity index (χ4v) is 2.20. The molecule has 0 saturated carbocycles. The van der Waals surface area contributed by atoms with E-state index in [0.717, 1.165) is 12.1 Å². The number of rotatable bonds is 4. The van der Waals surface area contributed by atoms with Crippen molar-refractivity contribution in [3.63, 3.8) is 0 Å². The minimum atomic E-state index is 0.101. The molecule has 0 fully saturated rings. The average molecular weight is 261 g/mol. The standard InChI is InChI=1S/C12H18Cl2N2/c1-12(2,3)6-9(13)7-16-11-4-5-15-8-10(11)14/h4-5,8-9H,6-7H2,1-3H3,(H,15,16). The minimum Gasteiger partial charge on any atom is -0.382 e. The van der Waals surface area contributed by atoms with E-state index in [1.807, 2.05) is 6.07 Å². The SMILES string of the molecule is CC(C)(C)CC(Cl)CNc1ccncc1Cl. The molecular weight excluding hydrogens is 243 g/mol. The maximum atomic E-state index is 6.25. The van der Waals surface area contributed by atoms with Gasteiger partial charge in [-0.3, -0.25) is 4.98 Å². The highest BCUT2D eigenvalue weighted by molar-refractivity contribution is 6.33. The van der Waals surface area contributed by atoms with E-state index in [-0.39, 0.29) is 10.8 Å². The molecule has 0 aliphatic carbocycles. The molecule has 16 heavy (non-hydrogen) atoms. The third kappa shape index (κ3) is 5.04. The van der Waals surface area contributed by atoms with E-state index in [1.54, 1.807) is 12.4 Å². The first-order chi connectivity index (χ1) is 7.38. The lowest BCUT2D eigenvalue weighted by molar-refractivity contribution is 0.373. The topological polar surface area (TPSA) is 24.9 Å². The third-order valence-electron chi connectivity index (χ3n) is 2.12. The zero-order valence-corrected chi connectivity index (χ0v) is 11.4. The van der Waals surface area contributed by atoms with Crippen LogP contribution in [-0.2, 0) is 0 Å². The Labute approximate surface area is 107 Å². The summed E-state index contributed by atoms with van der Waals surface area (Å²) in [5, 5.41) is 3.96. The number of hydrogen-bond acceptors (Lipinski definition) is 2. The molecule has 2 nitrogen and oxygen atoms in total. The van der Waals surface area contributed by atoms with Crippen molar-refractivity contribution < 1.29 is 0 Å². The first kappa shape index (κ1) is 13.6. The van der Waals surface area contributed by atoms with E-state index in [0.29, 0.717) is 11.6 Å². The van der Waals surface area contributed by atoms with Crippen LogP contribution in [0.1, 0.15) is 27.2 Å². The van der Waals surface area contributed by atoms with Crippen LogP contribution in [0.5, 0.6) is 0 Å². The van der Waals surface area contributed by atoms with Crippen molar-refractivity contribution in [3.05, 3.63) is 23.5 Å². The lowest BCUT2D eigenvalue weighted by atomic mass is 9.90. The van der Waals surface area contributed by atoms with E-state index >= 15 is 0 Å². The molecular formula is C12H18Cl2N2. The van der Waals surface area contributed by atoms with E-state index in [4.69, 9.17) is 23.2 Å². The van der Waals surface area contributed by atoms with Gasteiger partial charge in [0.25, 0.3) is 0 Å². The van der Waals surface area contributed by atoms with Crippen LogP contribution >= 0.6 is 23.2 Å². The Hall–Kier alpha value is -0.470. The molecule has 1 aromatic heterocycles. The number of alkyl halides is 1. The van der Waals surface area contributed by atoms with Crippen LogP contribution in [0, 0.1) is 5.41 Å². The smallest absolute Gasteiger partial charge is 0.0820 e. The van der Waals surface area contributed by atoms with E-state index < -0.39 is 0 Å². The second-order valence-electron chi connectivity index (χ2n) is 5.10. The number of aromatic nitrogens is 1. The summed E-state index contributed by atoms with van der Waals surface area (Å²) in [4.78, 5) is 3.93. The Bertz CT molecular complexity index is 334. The molecule has 1 atom stereocenters. The normalized spacial score (nSPS) is 13.6. The number of pyridine rings is 1. The summed E-state index contributed by atoms with van der Waals surface area (Å²) in [5.41, 5.74) is 1.13. The molecule has 90 valence electrons. The van der Waals surface area contributed by atoms with E-state index in [2.05, 4.69) is 31.1 Å². The molecule has 0 bridgehead atoms. The Kier molecular flexibility index (Phi) is 4.88. The number of nitrogens with zero attached hydrogens (tertiary/aromatic N) is 1. The van der Waals surface area contributed by atoms with Crippen molar-refractivity contribution in [1.82, 2.24) is 4.98 Å². The molecule has 0 aliphatic rings. The number of nitrogens with one attached hydrogen (secondary N) is 1. The number of hydrogen-bond donors (Lipinski definition) is 1. The van der Waals surface area contributed by atoms with Gasteiger partial charge in [-0.2, -0.15) is 0 Å². The monoisotopic (exact) mass is 260 g/mol. The third-order valence-corrected chi connectivity index (χ3v) is 2.73. The van der Waals surface area contributed by atoms with Gasteiger partial charge in [-0.1, -0.05) is 32.4 Å². The molecule has 0 amide bonds. The summed E-state index contributed by atoms with van der Waals surface area (Å²) in [5.74, 6) is 0. The van der Waals surface area contributed by atoms with Crippen molar-refractivity contribution in [2.45, 2.75) is 32.6 Å². The molecule has 1 heterocycles. The molecule has 0 saturated heterocycles. The Balaban J connectivity index is 2.43. The van der Waals surface area contributed by atoms with Gasteiger partial charge in [0.2, 0.25) is 0 Å². The van der Waals surface area contributed by atoms with Crippen LogP contribution in [0.4, 0.5) is 5.69 Å². The zero-order valence-electron chi connectivity index (χ0n) is 9.93. The largest absolute Gasteiger partial charge is 0.382 e. The summed E-state index contributed by atoms with van der Waals surface area (Å²) in [7, 11) is 0.